The summed E-state index contributed by atoms with van der Waals surface area (Å²) in [5, 5.41) is 37.6. The first-order valence-electron chi connectivity index (χ1n) is 19.2. The summed E-state index contributed by atoms with van der Waals surface area (Å²) in [6.07, 6.45) is 9.91. The number of carbonyl (C=O) groups is 4. The van der Waals surface area contributed by atoms with Crippen LogP contribution >= 0.6 is 79.8 Å². The molecule has 0 radical (unpaired) electrons. The third-order valence-electron chi connectivity index (χ3n) is 9.03. The summed E-state index contributed by atoms with van der Waals surface area (Å²) in [7, 11) is 0. The maximum absolute atomic E-state index is 11.7. The van der Waals surface area contributed by atoms with Crippen LogP contribution in [0.3, 0.4) is 0 Å². The minimum Gasteiger partial charge on any atom is -0.481 e. The van der Waals surface area contributed by atoms with E-state index in [9.17, 15) is 39.6 Å². The quantitative estimate of drug-likeness (QED) is 0.0549. The number of hydrogen-bond donors (Lipinski definition) is 4. The number of thioether (sulfide) groups is 1. The average molecular weight is 939 g/mol. The van der Waals surface area contributed by atoms with Gasteiger partial charge in [-0.05, 0) is 129 Å². The number of aryl methyl sites for hydroxylation is 6. The second kappa shape index (κ2) is 22.1. The van der Waals surface area contributed by atoms with Gasteiger partial charge in [0.25, 0.3) is 0 Å². The van der Waals surface area contributed by atoms with E-state index in [-0.39, 0.29) is 25.7 Å². The van der Waals surface area contributed by atoms with Crippen molar-refractivity contribution < 1.29 is 39.6 Å². The van der Waals surface area contributed by atoms with Gasteiger partial charge in [0, 0.05) is 89.1 Å². The fourth-order valence-corrected chi connectivity index (χ4v) is 14.1. The van der Waals surface area contributed by atoms with Gasteiger partial charge in [-0.2, -0.15) is 0 Å². The summed E-state index contributed by atoms with van der Waals surface area (Å²) in [5.74, 6) is -3.37. The van der Waals surface area contributed by atoms with Crippen molar-refractivity contribution in [2.75, 3.05) is 6.26 Å². The predicted molar refractivity (Wildman–Crippen MR) is 257 cm³/mol. The van der Waals surface area contributed by atoms with Crippen LogP contribution in [0.25, 0.3) is 50.0 Å². The van der Waals surface area contributed by atoms with Crippen molar-refractivity contribution in [3.63, 3.8) is 0 Å². The Balaban J connectivity index is 0.00000336. The summed E-state index contributed by atoms with van der Waals surface area (Å²) < 4.78 is 0. The molecule has 8 nitrogen and oxygen atoms in total. The molecule has 6 rings (SSSR count). The topological polar surface area (TPSA) is 149 Å². The minimum atomic E-state index is -0.858. The zero-order valence-corrected chi connectivity index (χ0v) is 39.5. The molecule has 60 heavy (non-hydrogen) atoms. The standard InChI is InChI=1S/C43H40O8S7.C2H6/c1-23-19-25(7-15-37(44)45)29(53-23)5-4-6-32(52-3)41-27(9-17-39(48)49)21-35(57-41)30-11-12-31(55-30)36-22-28(10-18-40(50)51)43(58-36)34-14-13-33(56-34)42-26(8-16-38(46)47)20-24(2)54-42;1-2/h4-6,11-14,19-22H,7-10,15-18H2,1-3H3,(H,44,45)(H,46,47)(H,48,49)(H,50,51);1-2H3/b5-4+,32-6-;. The molecule has 4 N–H and O–H groups in total. The minimum absolute atomic E-state index is 0.00897. The van der Waals surface area contributed by atoms with Gasteiger partial charge in [-0.15, -0.1) is 79.8 Å². The molecule has 0 amide bonds. The first-order valence-corrected chi connectivity index (χ1v) is 25.3. The molecule has 6 heterocycles. The number of thiophene rings is 6. The maximum atomic E-state index is 11.7. The van der Waals surface area contributed by atoms with Crippen LogP contribution in [0.4, 0.5) is 0 Å². The molecule has 0 unspecified atom stereocenters. The van der Waals surface area contributed by atoms with Gasteiger partial charge in [-0.1, -0.05) is 19.9 Å². The molecule has 0 aliphatic carbocycles. The number of carboxylic acid groups (broad SMARTS) is 4. The highest BCUT2D eigenvalue weighted by molar-refractivity contribution is 8.07. The van der Waals surface area contributed by atoms with Gasteiger partial charge in [0.15, 0.2) is 0 Å². The Morgan fingerprint density at radius 2 is 0.967 bits per heavy atom. The van der Waals surface area contributed by atoms with E-state index >= 15 is 0 Å². The van der Waals surface area contributed by atoms with Gasteiger partial charge in [-0.25, -0.2) is 0 Å². The summed E-state index contributed by atoms with van der Waals surface area (Å²) >= 11 is 11.5. The van der Waals surface area contributed by atoms with Crippen LogP contribution in [0, 0.1) is 13.8 Å². The van der Waals surface area contributed by atoms with Crippen molar-refractivity contribution in [1.29, 1.82) is 0 Å². The van der Waals surface area contributed by atoms with Crippen LogP contribution in [0.15, 0.2) is 60.7 Å². The SMILES string of the molecule is CC.CS/C(=C\C=C\c1sc(C)cc1CCC(=O)O)c1sc(-c2ccc(-c3cc(CCC(=O)O)c(-c4ccc(-c5sc(C)cc5CCC(=O)O)s4)s3)s2)cc1CCC(=O)O. The second-order valence-corrected chi connectivity index (χ2v) is 21.0. The second-order valence-electron chi connectivity index (χ2n) is 13.4. The molecule has 0 fully saturated rings. The number of hydrogen-bond acceptors (Lipinski definition) is 11. The summed E-state index contributed by atoms with van der Waals surface area (Å²) in [5.41, 5.74) is 3.98. The first kappa shape index (κ1) is 47.0. The normalized spacial score (nSPS) is 11.6. The highest BCUT2D eigenvalue weighted by Crippen LogP contribution is 2.48. The van der Waals surface area contributed by atoms with E-state index in [1.165, 1.54) is 0 Å². The van der Waals surface area contributed by atoms with Crippen LogP contribution in [0.5, 0.6) is 0 Å². The first-order chi connectivity index (χ1) is 28.8. The molecule has 0 aliphatic heterocycles. The molecule has 6 aromatic rings. The lowest BCUT2D eigenvalue weighted by Crippen LogP contribution is -1.97. The van der Waals surface area contributed by atoms with Crippen LogP contribution in [0.1, 0.15) is 81.3 Å². The Kier molecular flexibility index (Phi) is 17.3. The Hall–Kier alpha value is -4.09. The van der Waals surface area contributed by atoms with Crippen LogP contribution < -0.4 is 0 Å². The van der Waals surface area contributed by atoms with Gasteiger partial charge in [0.1, 0.15) is 0 Å². The van der Waals surface area contributed by atoms with Gasteiger partial charge < -0.3 is 20.4 Å². The van der Waals surface area contributed by atoms with Gasteiger partial charge in [0.2, 0.25) is 0 Å². The number of allylic oxidation sites excluding steroid dienone is 2. The van der Waals surface area contributed by atoms with E-state index in [1.54, 1.807) is 79.8 Å². The summed E-state index contributed by atoms with van der Waals surface area (Å²) in [6, 6.07) is 16.6. The van der Waals surface area contributed by atoms with Crippen molar-refractivity contribution in [2.24, 2.45) is 0 Å². The van der Waals surface area contributed by atoms with Crippen LogP contribution in [-0.4, -0.2) is 50.6 Å². The van der Waals surface area contributed by atoms with E-state index in [4.69, 9.17) is 0 Å². The molecule has 0 atom stereocenters. The molecular weight excluding hydrogens is 893 g/mol. The number of rotatable bonds is 20. The Morgan fingerprint density at radius 1 is 0.533 bits per heavy atom. The van der Waals surface area contributed by atoms with Crippen molar-refractivity contribution in [3.05, 3.63) is 102 Å². The highest BCUT2D eigenvalue weighted by atomic mass is 32.2. The summed E-state index contributed by atoms with van der Waals surface area (Å²) in [4.78, 5) is 59.6. The third-order valence-corrected chi connectivity index (χ3v) is 17.4. The maximum Gasteiger partial charge on any atom is 0.303 e. The van der Waals surface area contributed by atoms with E-state index in [2.05, 4.69) is 42.5 Å². The molecule has 15 heteroatoms. The molecule has 0 aliphatic rings. The molecule has 0 spiro atoms. The van der Waals surface area contributed by atoms with E-state index < -0.39 is 23.9 Å². The Morgan fingerprint density at radius 3 is 1.53 bits per heavy atom. The Bertz CT molecular complexity index is 2510. The molecule has 0 aromatic carbocycles. The van der Waals surface area contributed by atoms with E-state index in [1.807, 2.05) is 58.2 Å². The van der Waals surface area contributed by atoms with E-state index in [0.717, 1.165) is 85.7 Å². The van der Waals surface area contributed by atoms with Crippen molar-refractivity contribution in [2.45, 2.75) is 79.1 Å². The van der Waals surface area contributed by atoms with Gasteiger partial charge in [0.05, 0.1) is 0 Å². The lowest BCUT2D eigenvalue weighted by Gasteiger charge is -2.04. The van der Waals surface area contributed by atoms with E-state index in [0.29, 0.717) is 25.7 Å². The van der Waals surface area contributed by atoms with Crippen molar-refractivity contribution in [3.8, 4) is 39.0 Å². The monoisotopic (exact) mass is 938 g/mol. The Labute approximate surface area is 378 Å². The van der Waals surface area contributed by atoms with Gasteiger partial charge >= 0.3 is 23.9 Å². The number of aliphatic carboxylic acids is 4. The van der Waals surface area contributed by atoms with Crippen LogP contribution in [0.2, 0.25) is 0 Å². The largest absolute Gasteiger partial charge is 0.481 e. The fourth-order valence-electron chi connectivity index (χ4n) is 6.38. The zero-order chi connectivity index (χ0) is 43.5. The lowest BCUT2D eigenvalue weighted by molar-refractivity contribution is -0.138. The molecule has 6 aromatic heterocycles. The molecule has 316 valence electrons. The van der Waals surface area contributed by atoms with Crippen LogP contribution in [-0.2, 0) is 44.9 Å². The third kappa shape index (κ3) is 12.5. The van der Waals surface area contributed by atoms with Crippen molar-refractivity contribution >= 4 is 115 Å². The fraction of sp³-hybridized carbons (Fsp3) is 0.289. The number of carboxylic acids is 4. The smallest absolute Gasteiger partial charge is 0.303 e. The average Bonchev–Trinajstić information content (AvgIpc) is 4.06. The zero-order valence-electron chi connectivity index (χ0n) is 33.8. The molecular formula is C45H46O8S7. The highest BCUT2D eigenvalue weighted by Gasteiger charge is 2.21. The predicted octanol–water partition coefficient (Wildman–Crippen LogP) is 13.9. The molecule has 0 saturated heterocycles. The van der Waals surface area contributed by atoms with Crippen molar-refractivity contribution in [1.82, 2.24) is 0 Å². The summed E-state index contributed by atoms with van der Waals surface area (Å²) in [6.45, 7) is 8.04. The van der Waals surface area contributed by atoms with Gasteiger partial charge in [-0.3, -0.25) is 19.2 Å². The molecule has 0 bridgehead atoms. The lowest BCUT2D eigenvalue weighted by atomic mass is 10.1. The molecule has 0 saturated carbocycles.